The summed E-state index contributed by atoms with van der Waals surface area (Å²) < 4.78 is 0. The number of nitrogens with one attached hydrogen (secondary N) is 1. The van der Waals surface area contributed by atoms with Gasteiger partial charge in [-0.3, -0.25) is 4.99 Å². The van der Waals surface area contributed by atoms with E-state index in [2.05, 4.69) is 23.0 Å². The maximum absolute atomic E-state index is 5.66. The van der Waals surface area contributed by atoms with Gasteiger partial charge in [0.05, 0.1) is 0 Å². The van der Waals surface area contributed by atoms with Gasteiger partial charge >= 0.3 is 0 Å². The minimum absolute atomic E-state index is 0.206. The van der Waals surface area contributed by atoms with Crippen LogP contribution in [-0.4, -0.2) is 18.8 Å². The second-order valence-corrected chi connectivity index (χ2v) is 3.66. The summed E-state index contributed by atoms with van der Waals surface area (Å²) in [5.41, 5.74) is 6.75. The zero-order valence-electron chi connectivity index (χ0n) is 10.8. The van der Waals surface area contributed by atoms with Crippen molar-refractivity contribution in [1.29, 1.82) is 0 Å². The largest absolute Gasteiger partial charge is 0.382 e. The van der Waals surface area contributed by atoms with Crippen LogP contribution >= 0.6 is 0 Å². The lowest BCUT2D eigenvalue weighted by Crippen LogP contribution is -2.14. The fourth-order valence-electron chi connectivity index (χ4n) is 1.07. The molecule has 0 aromatic carbocycles. The molecule has 0 aromatic heterocycles. The summed E-state index contributed by atoms with van der Waals surface area (Å²) in [5, 5.41) is 3.27. The maximum Gasteiger partial charge on any atom is 0.0348 e. The molecule has 0 saturated carbocycles. The molecule has 0 amide bonds. The van der Waals surface area contributed by atoms with Crippen molar-refractivity contribution in [2.75, 3.05) is 6.54 Å². The van der Waals surface area contributed by atoms with E-state index in [9.17, 15) is 0 Å². The lowest BCUT2D eigenvalue weighted by Gasteiger charge is -2.03. The van der Waals surface area contributed by atoms with Crippen LogP contribution in [0.15, 0.2) is 53.8 Å². The second-order valence-electron chi connectivity index (χ2n) is 3.66. The topological polar surface area (TPSA) is 50.4 Å². The van der Waals surface area contributed by atoms with Crippen LogP contribution in [0.2, 0.25) is 0 Å². The SMILES string of the molecule is C=CC=N/C=C/CNC(/C=C\CC(C)N)=C/C. The van der Waals surface area contributed by atoms with Crippen molar-refractivity contribution in [1.82, 2.24) is 5.32 Å². The van der Waals surface area contributed by atoms with Crippen molar-refractivity contribution >= 4 is 6.21 Å². The van der Waals surface area contributed by atoms with Crippen molar-refractivity contribution in [3.05, 3.63) is 48.9 Å². The van der Waals surface area contributed by atoms with Gasteiger partial charge in [0.1, 0.15) is 0 Å². The molecule has 3 heteroatoms. The number of hydrogen-bond acceptors (Lipinski definition) is 3. The molecule has 0 fully saturated rings. The van der Waals surface area contributed by atoms with Crippen molar-refractivity contribution < 1.29 is 0 Å². The van der Waals surface area contributed by atoms with Crippen LogP contribution in [0.1, 0.15) is 20.3 Å². The molecule has 17 heavy (non-hydrogen) atoms. The quantitative estimate of drug-likeness (QED) is 0.500. The predicted octanol–water partition coefficient (Wildman–Crippen LogP) is 2.54. The zero-order valence-corrected chi connectivity index (χ0v) is 10.8. The summed E-state index contributed by atoms with van der Waals surface area (Å²) in [6.45, 7) is 8.28. The van der Waals surface area contributed by atoms with Crippen LogP contribution < -0.4 is 11.1 Å². The lowest BCUT2D eigenvalue weighted by molar-refractivity contribution is 0.756. The summed E-state index contributed by atoms with van der Waals surface area (Å²) in [5.74, 6) is 0. The molecule has 0 aromatic rings. The van der Waals surface area contributed by atoms with Gasteiger partial charge in [-0.05, 0) is 32.4 Å². The summed E-state index contributed by atoms with van der Waals surface area (Å²) in [6.07, 6.45) is 14.0. The maximum atomic E-state index is 5.66. The minimum Gasteiger partial charge on any atom is -0.382 e. The molecule has 1 atom stereocenters. The molecule has 0 radical (unpaired) electrons. The number of nitrogens with zero attached hydrogens (tertiary/aromatic N) is 1. The van der Waals surface area contributed by atoms with E-state index in [0.717, 1.165) is 18.7 Å². The summed E-state index contributed by atoms with van der Waals surface area (Å²) in [6, 6.07) is 0.206. The molecule has 0 heterocycles. The predicted molar refractivity (Wildman–Crippen MR) is 77.0 cm³/mol. The van der Waals surface area contributed by atoms with Crippen LogP contribution in [0.4, 0.5) is 0 Å². The molecule has 3 N–H and O–H groups in total. The van der Waals surface area contributed by atoms with Crippen LogP contribution in [0.25, 0.3) is 0 Å². The van der Waals surface area contributed by atoms with Gasteiger partial charge in [-0.1, -0.05) is 24.8 Å². The lowest BCUT2D eigenvalue weighted by atomic mass is 10.2. The molecular weight excluding hydrogens is 210 g/mol. The van der Waals surface area contributed by atoms with Crippen LogP contribution in [0.5, 0.6) is 0 Å². The fraction of sp³-hybridized carbons (Fsp3) is 0.357. The van der Waals surface area contributed by atoms with E-state index in [1.807, 2.05) is 32.1 Å². The molecule has 1 unspecified atom stereocenters. The van der Waals surface area contributed by atoms with Crippen molar-refractivity contribution in [3.63, 3.8) is 0 Å². The third-order valence-electron chi connectivity index (χ3n) is 1.92. The van der Waals surface area contributed by atoms with Gasteiger partial charge in [-0.15, -0.1) is 0 Å². The molecule has 3 nitrogen and oxygen atoms in total. The zero-order chi connectivity index (χ0) is 12.9. The van der Waals surface area contributed by atoms with E-state index in [-0.39, 0.29) is 6.04 Å². The highest BCUT2D eigenvalue weighted by atomic mass is 14.9. The molecule has 0 spiro atoms. The van der Waals surface area contributed by atoms with Gasteiger partial charge in [0.15, 0.2) is 0 Å². The second kappa shape index (κ2) is 10.9. The number of nitrogens with two attached hydrogens (primary N) is 1. The van der Waals surface area contributed by atoms with E-state index in [1.54, 1.807) is 18.5 Å². The number of hydrogen-bond donors (Lipinski definition) is 2. The number of rotatable bonds is 8. The molecule has 94 valence electrons. The highest BCUT2D eigenvalue weighted by molar-refractivity contribution is 5.70. The third-order valence-corrected chi connectivity index (χ3v) is 1.92. The number of aliphatic imine (C=N–C) groups is 1. The third kappa shape index (κ3) is 10.7. The van der Waals surface area contributed by atoms with Crippen LogP contribution in [-0.2, 0) is 0 Å². The molecule has 0 aliphatic heterocycles. The average Bonchev–Trinajstić information content (AvgIpc) is 2.30. The molecule has 0 rings (SSSR count). The first kappa shape index (κ1) is 15.4. The van der Waals surface area contributed by atoms with Crippen molar-refractivity contribution in [2.45, 2.75) is 26.3 Å². The Hall–Kier alpha value is -1.61. The molecule has 0 aliphatic carbocycles. The van der Waals surface area contributed by atoms with Gasteiger partial charge in [0.2, 0.25) is 0 Å². The van der Waals surface area contributed by atoms with E-state index in [1.165, 1.54) is 0 Å². The standard InChI is InChI=1S/C14H23N3/c1-4-10-16-11-7-12-17-14(5-2)9-6-8-13(3)15/h4-7,9-11,13,17H,1,8,12,15H2,2-3H3/b9-6-,11-7+,14-5+,16-10?. The Labute approximate surface area is 105 Å². The minimum atomic E-state index is 0.206. The molecule has 0 saturated heterocycles. The molecular formula is C14H23N3. The normalized spacial score (nSPS) is 14.9. The number of allylic oxidation sites excluding steroid dienone is 3. The first-order chi connectivity index (χ1) is 8.20. The van der Waals surface area contributed by atoms with Crippen molar-refractivity contribution in [3.8, 4) is 0 Å². The Morgan fingerprint density at radius 3 is 2.82 bits per heavy atom. The first-order valence-corrected chi connectivity index (χ1v) is 5.82. The van der Waals surface area contributed by atoms with Gasteiger partial charge in [0.25, 0.3) is 0 Å². The summed E-state index contributed by atoms with van der Waals surface area (Å²) in [7, 11) is 0. The Bertz CT molecular complexity index is 309. The van der Waals surface area contributed by atoms with Crippen LogP contribution in [0, 0.1) is 0 Å². The average molecular weight is 233 g/mol. The summed E-state index contributed by atoms with van der Waals surface area (Å²) in [4.78, 5) is 3.98. The van der Waals surface area contributed by atoms with Gasteiger partial charge in [0, 0.05) is 30.7 Å². The Morgan fingerprint density at radius 1 is 1.47 bits per heavy atom. The Kier molecular flexibility index (Phi) is 9.86. The van der Waals surface area contributed by atoms with E-state index in [4.69, 9.17) is 5.73 Å². The molecule has 0 aliphatic rings. The fourth-order valence-corrected chi connectivity index (χ4v) is 1.07. The van der Waals surface area contributed by atoms with Gasteiger partial charge in [-0.2, -0.15) is 0 Å². The monoisotopic (exact) mass is 233 g/mol. The van der Waals surface area contributed by atoms with E-state index in [0.29, 0.717) is 0 Å². The Morgan fingerprint density at radius 2 is 2.24 bits per heavy atom. The smallest absolute Gasteiger partial charge is 0.0348 e. The summed E-state index contributed by atoms with van der Waals surface area (Å²) >= 11 is 0. The van der Waals surface area contributed by atoms with Crippen LogP contribution in [0.3, 0.4) is 0 Å². The van der Waals surface area contributed by atoms with Crippen molar-refractivity contribution in [2.24, 2.45) is 10.7 Å². The van der Waals surface area contributed by atoms with E-state index < -0.39 is 0 Å². The van der Waals surface area contributed by atoms with Gasteiger partial charge < -0.3 is 11.1 Å². The highest BCUT2D eigenvalue weighted by Crippen LogP contribution is 1.95. The highest BCUT2D eigenvalue weighted by Gasteiger charge is 1.89. The first-order valence-electron chi connectivity index (χ1n) is 5.82. The Balaban J connectivity index is 3.91. The van der Waals surface area contributed by atoms with Gasteiger partial charge in [-0.25, -0.2) is 0 Å². The molecule has 0 bridgehead atoms. The van der Waals surface area contributed by atoms with E-state index >= 15 is 0 Å².